The quantitative estimate of drug-likeness (QED) is 0.768. The van der Waals surface area contributed by atoms with E-state index in [9.17, 15) is 5.11 Å². The highest BCUT2D eigenvalue weighted by Gasteiger charge is 2.15. The van der Waals surface area contributed by atoms with Crippen LogP contribution in [0.3, 0.4) is 0 Å². The fourth-order valence-electron chi connectivity index (χ4n) is 2.44. The Kier molecular flexibility index (Phi) is 6.82. The summed E-state index contributed by atoms with van der Waals surface area (Å²) in [6.45, 7) is 11.7. The van der Waals surface area contributed by atoms with Crippen LogP contribution in [0.2, 0.25) is 0 Å². The number of hydrogen-bond acceptors (Lipinski definition) is 4. The van der Waals surface area contributed by atoms with Crippen molar-refractivity contribution in [2.24, 2.45) is 0 Å². The lowest BCUT2D eigenvalue weighted by molar-refractivity contribution is 0.263. The van der Waals surface area contributed by atoms with Crippen molar-refractivity contribution in [1.29, 1.82) is 0 Å². The summed E-state index contributed by atoms with van der Waals surface area (Å²) in [5.41, 5.74) is 0.871. The third-order valence-corrected chi connectivity index (χ3v) is 3.66. The predicted molar refractivity (Wildman–Crippen MR) is 83.5 cm³/mol. The average molecular weight is 280 g/mol. The molecule has 0 aliphatic carbocycles. The van der Waals surface area contributed by atoms with Gasteiger partial charge in [0.2, 0.25) is 0 Å². The maximum Gasteiger partial charge on any atom is 0.120 e. The topological polar surface area (TPSA) is 44.7 Å². The Morgan fingerprint density at radius 1 is 1.25 bits per heavy atom. The maximum atomic E-state index is 9.98. The van der Waals surface area contributed by atoms with Gasteiger partial charge in [-0.15, -0.1) is 0 Å². The molecule has 0 aliphatic rings. The predicted octanol–water partition coefficient (Wildman–Crippen LogP) is 2.78. The number of nitrogens with one attached hydrogen (secondary N) is 1. The number of phenols is 1. The summed E-state index contributed by atoms with van der Waals surface area (Å²) >= 11 is 0. The molecular formula is C16H28N2O2. The van der Waals surface area contributed by atoms with E-state index in [1.807, 2.05) is 6.07 Å². The second-order valence-electron chi connectivity index (χ2n) is 5.20. The van der Waals surface area contributed by atoms with Crippen LogP contribution in [0.25, 0.3) is 0 Å². The molecule has 0 saturated carbocycles. The zero-order valence-corrected chi connectivity index (χ0v) is 13.3. The number of aromatic hydroxyl groups is 1. The minimum Gasteiger partial charge on any atom is -0.508 e. The van der Waals surface area contributed by atoms with Crippen molar-refractivity contribution in [2.75, 3.05) is 26.7 Å². The molecule has 0 aromatic heterocycles. The van der Waals surface area contributed by atoms with Crippen molar-refractivity contribution in [1.82, 2.24) is 10.2 Å². The van der Waals surface area contributed by atoms with E-state index in [4.69, 9.17) is 4.74 Å². The van der Waals surface area contributed by atoms with Crippen LogP contribution in [0.1, 0.15) is 39.3 Å². The second-order valence-corrected chi connectivity index (χ2v) is 5.20. The summed E-state index contributed by atoms with van der Waals surface area (Å²) in [7, 11) is 1.64. The molecule has 1 rings (SSSR count). The van der Waals surface area contributed by atoms with Crippen LogP contribution in [-0.2, 0) is 0 Å². The molecule has 2 atom stereocenters. The summed E-state index contributed by atoms with van der Waals surface area (Å²) in [6.07, 6.45) is 0. The standard InChI is InChI=1S/C16H28N2O2/c1-6-18(7-2)11-12(3)17-13(4)15-10-14(20-5)8-9-16(15)19/h8-10,12-13,17,19H,6-7,11H2,1-5H3. The number of methoxy groups -OCH3 is 1. The van der Waals surface area contributed by atoms with Crippen LogP contribution >= 0.6 is 0 Å². The molecule has 0 saturated heterocycles. The summed E-state index contributed by atoms with van der Waals surface area (Å²) in [6, 6.07) is 5.77. The summed E-state index contributed by atoms with van der Waals surface area (Å²) in [4.78, 5) is 2.38. The first kappa shape index (κ1) is 16.8. The highest BCUT2D eigenvalue weighted by atomic mass is 16.5. The van der Waals surface area contributed by atoms with Gasteiger partial charge in [0.25, 0.3) is 0 Å². The molecule has 1 aromatic carbocycles. The second kappa shape index (κ2) is 8.12. The Morgan fingerprint density at radius 2 is 1.90 bits per heavy atom. The Morgan fingerprint density at radius 3 is 2.45 bits per heavy atom. The maximum absolute atomic E-state index is 9.98. The van der Waals surface area contributed by atoms with Gasteiger partial charge in [0.1, 0.15) is 11.5 Å². The average Bonchev–Trinajstić information content (AvgIpc) is 2.45. The molecule has 20 heavy (non-hydrogen) atoms. The largest absolute Gasteiger partial charge is 0.508 e. The first-order valence-corrected chi connectivity index (χ1v) is 7.37. The molecule has 0 aliphatic heterocycles. The van der Waals surface area contributed by atoms with Gasteiger partial charge in [-0.2, -0.15) is 0 Å². The fourth-order valence-corrected chi connectivity index (χ4v) is 2.44. The van der Waals surface area contributed by atoms with Crippen LogP contribution < -0.4 is 10.1 Å². The van der Waals surface area contributed by atoms with Crippen LogP contribution in [0.5, 0.6) is 11.5 Å². The van der Waals surface area contributed by atoms with Gasteiger partial charge in [0.05, 0.1) is 7.11 Å². The monoisotopic (exact) mass is 280 g/mol. The molecule has 0 fully saturated rings. The van der Waals surface area contributed by atoms with Gasteiger partial charge in [0.15, 0.2) is 0 Å². The van der Waals surface area contributed by atoms with Gasteiger partial charge in [-0.1, -0.05) is 13.8 Å². The van der Waals surface area contributed by atoms with Crippen molar-refractivity contribution in [3.05, 3.63) is 23.8 Å². The smallest absolute Gasteiger partial charge is 0.120 e. The molecule has 114 valence electrons. The van der Waals surface area contributed by atoms with E-state index in [1.165, 1.54) is 0 Å². The van der Waals surface area contributed by atoms with Gasteiger partial charge >= 0.3 is 0 Å². The van der Waals surface area contributed by atoms with Crippen LogP contribution in [-0.4, -0.2) is 42.8 Å². The highest BCUT2D eigenvalue weighted by Crippen LogP contribution is 2.28. The van der Waals surface area contributed by atoms with E-state index in [-0.39, 0.29) is 6.04 Å². The normalized spacial score (nSPS) is 14.3. The molecule has 0 heterocycles. The molecule has 0 amide bonds. The van der Waals surface area contributed by atoms with E-state index in [2.05, 4.69) is 37.9 Å². The van der Waals surface area contributed by atoms with Crippen LogP contribution in [0.15, 0.2) is 18.2 Å². The Hall–Kier alpha value is -1.26. The Labute approximate surface area is 122 Å². The van der Waals surface area contributed by atoms with E-state index in [0.717, 1.165) is 30.9 Å². The SMILES string of the molecule is CCN(CC)CC(C)NC(C)c1cc(OC)ccc1O. The van der Waals surface area contributed by atoms with E-state index in [0.29, 0.717) is 11.8 Å². The molecule has 2 N–H and O–H groups in total. The van der Waals surface area contributed by atoms with Gasteiger partial charge < -0.3 is 20.1 Å². The van der Waals surface area contributed by atoms with Crippen molar-refractivity contribution < 1.29 is 9.84 Å². The number of nitrogens with zero attached hydrogens (tertiary/aromatic N) is 1. The number of benzene rings is 1. The zero-order chi connectivity index (χ0) is 15.1. The summed E-state index contributed by atoms with van der Waals surface area (Å²) < 4.78 is 5.22. The lowest BCUT2D eigenvalue weighted by Gasteiger charge is -2.26. The van der Waals surface area contributed by atoms with Crippen molar-refractivity contribution in [3.63, 3.8) is 0 Å². The Balaban J connectivity index is 2.68. The molecule has 1 aromatic rings. The Bertz CT molecular complexity index is 405. The first-order chi connectivity index (χ1) is 9.51. The van der Waals surface area contributed by atoms with Gasteiger partial charge in [0, 0.05) is 24.2 Å². The number of ether oxygens (including phenoxy) is 1. The molecule has 0 bridgehead atoms. The lowest BCUT2D eigenvalue weighted by atomic mass is 10.1. The third kappa shape index (κ3) is 4.69. The third-order valence-electron chi connectivity index (χ3n) is 3.66. The number of rotatable bonds is 8. The summed E-state index contributed by atoms with van der Waals surface area (Å²) in [5, 5.41) is 13.5. The van der Waals surface area contributed by atoms with E-state index < -0.39 is 0 Å². The molecule has 2 unspecified atom stereocenters. The van der Waals surface area contributed by atoms with Crippen molar-refractivity contribution in [3.8, 4) is 11.5 Å². The minimum absolute atomic E-state index is 0.0793. The lowest BCUT2D eigenvalue weighted by Crippen LogP contribution is -2.40. The van der Waals surface area contributed by atoms with Gasteiger partial charge in [-0.25, -0.2) is 0 Å². The zero-order valence-electron chi connectivity index (χ0n) is 13.3. The van der Waals surface area contributed by atoms with Gasteiger partial charge in [-0.3, -0.25) is 0 Å². The first-order valence-electron chi connectivity index (χ1n) is 7.37. The van der Waals surface area contributed by atoms with Gasteiger partial charge in [-0.05, 0) is 45.1 Å². The highest BCUT2D eigenvalue weighted by molar-refractivity contribution is 5.41. The molecule has 0 spiro atoms. The number of hydrogen-bond donors (Lipinski definition) is 2. The fraction of sp³-hybridized carbons (Fsp3) is 0.625. The molecule has 4 heteroatoms. The van der Waals surface area contributed by atoms with E-state index >= 15 is 0 Å². The number of likely N-dealkylation sites (N-methyl/N-ethyl adjacent to an activating group) is 1. The summed E-state index contributed by atoms with van der Waals surface area (Å²) in [5.74, 6) is 1.07. The number of phenolic OH excluding ortho intramolecular Hbond substituents is 1. The molecule has 4 nitrogen and oxygen atoms in total. The molecular weight excluding hydrogens is 252 g/mol. The van der Waals surface area contributed by atoms with Crippen molar-refractivity contribution in [2.45, 2.75) is 39.8 Å². The van der Waals surface area contributed by atoms with Crippen molar-refractivity contribution >= 4 is 0 Å². The minimum atomic E-state index is 0.0793. The van der Waals surface area contributed by atoms with Crippen LogP contribution in [0.4, 0.5) is 0 Å². The van der Waals surface area contributed by atoms with Crippen LogP contribution in [0, 0.1) is 0 Å². The molecule has 0 radical (unpaired) electrons. The van der Waals surface area contributed by atoms with E-state index in [1.54, 1.807) is 19.2 Å².